The van der Waals surface area contributed by atoms with Crippen LogP contribution in [0.5, 0.6) is 0 Å². The first kappa shape index (κ1) is 9.65. The van der Waals surface area contributed by atoms with E-state index < -0.39 is 0 Å². The molecule has 0 amide bonds. The fraction of sp³-hybridized carbons (Fsp3) is 0.556. The van der Waals surface area contributed by atoms with Gasteiger partial charge >= 0.3 is 0 Å². The summed E-state index contributed by atoms with van der Waals surface area (Å²) in [6.45, 7) is 1.03. The van der Waals surface area contributed by atoms with Crippen molar-refractivity contribution in [1.82, 2.24) is 5.32 Å². The second-order valence-corrected chi connectivity index (χ2v) is 4.92. The highest BCUT2D eigenvalue weighted by Crippen LogP contribution is 2.31. The number of halogens is 1. The van der Waals surface area contributed by atoms with Gasteiger partial charge in [-0.15, -0.1) is 0 Å². The molecule has 0 spiro atoms. The zero-order valence-corrected chi connectivity index (χ0v) is 9.57. The lowest BCUT2D eigenvalue weighted by atomic mass is 10.0. The van der Waals surface area contributed by atoms with Gasteiger partial charge in [-0.25, -0.2) is 0 Å². The van der Waals surface area contributed by atoms with Gasteiger partial charge in [0.25, 0.3) is 0 Å². The van der Waals surface area contributed by atoms with Gasteiger partial charge in [0.15, 0.2) is 0 Å². The average Bonchev–Trinajstić information content (AvgIpc) is 2.72. The maximum Gasteiger partial charge on any atom is 0.0961 e. The Hall–Kier alpha value is 0.1000. The smallest absolute Gasteiger partial charge is 0.0961 e. The first-order valence-corrected chi connectivity index (χ1v) is 6.15. The van der Waals surface area contributed by atoms with E-state index in [0.29, 0.717) is 0 Å². The molecular formula is C9H12BrNOS. The topological polar surface area (TPSA) is 32.3 Å². The average molecular weight is 262 g/mol. The van der Waals surface area contributed by atoms with Gasteiger partial charge in [0.1, 0.15) is 0 Å². The van der Waals surface area contributed by atoms with Crippen molar-refractivity contribution in [2.45, 2.75) is 25.0 Å². The van der Waals surface area contributed by atoms with Gasteiger partial charge in [-0.3, -0.25) is 0 Å². The molecule has 0 aromatic carbocycles. The molecule has 0 saturated carbocycles. The van der Waals surface area contributed by atoms with Crippen molar-refractivity contribution in [3.63, 3.8) is 0 Å². The van der Waals surface area contributed by atoms with E-state index in [0.717, 1.165) is 23.0 Å². The van der Waals surface area contributed by atoms with Gasteiger partial charge in [0, 0.05) is 21.5 Å². The van der Waals surface area contributed by atoms with Crippen LogP contribution in [0, 0.1) is 0 Å². The lowest BCUT2D eigenvalue weighted by Gasteiger charge is -2.17. The van der Waals surface area contributed by atoms with Gasteiger partial charge in [0.2, 0.25) is 0 Å². The molecule has 0 radical (unpaired) electrons. The van der Waals surface area contributed by atoms with Crippen LogP contribution >= 0.6 is 27.3 Å². The highest BCUT2D eigenvalue weighted by molar-refractivity contribution is 9.10. The van der Waals surface area contributed by atoms with Crippen molar-refractivity contribution in [1.29, 1.82) is 0 Å². The maximum atomic E-state index is 10.0. The van der Waals surface area contributed by atoms with Crippen LogP contribution in [0.25, 0.3) is 0 Å². The van der Waals surface area contributed by atoms with Gasteiger partial charge in [0.05, 0.1) is 6.10 Å². The molecule has 0 aliphatic carbocycles. The van der Waals surface area contributed by atoms with Crippen LogP contribution in [0.4, 0.5) is 0 Å². The van der Waals surface area contributed by atoms with E-state index in [-0.39, 0.29) is 12.1 Å². The van der Waals surface area contributed by atoms with Gasteiger partial charge in [-0.2, -0.15) is 11.3 Å². The Kier molecular flexibility index (Phi) is 3.03. The van der Waals surface area contributed by atoms with E-state index >= 15 is 0 Å². The summed E-state index contributed by atoms with van der Waals surface area (Å²) in [7, 11) is 0. The number of aliphatic hydroxyl groups is 1. The number of hydrogen-bond donors (Lipinski definition) is 2. The van der Waals surface area contributed by atoms with Crippen LogP contribution in [0.3, 0.4) is 0 Å². The summed E-state index contributed by atoms with van der Waals surface area (Å²) in [5, 5.41) is 17.3. The first-order chi connectivity index (χ1) is 6.29. The van der Waals surface area contributed by atoms with Crippen LogP contribution in [0.1, 0.15) is 24.5 Å². The number of aliphatic hydroxyl groups excluding tert-OH is 1. The van der Waals surface area contributed by atoms with Crippen molar-refractivity contribution in [2.75, 3.05) is 6.54 Å². The number of rotatable bonds is 2. The van der Waals surface area contributed by atoms with E-state index in [1.165, 1.54) is 6.42 Å². The summed E-state index contributed by atoms with van der Waals surface area (Å²) in [5.74, 6) is 0. The van der Waals surface area contributed by atoms with Crippen molar-refractivity contribution in [3.05, 3.63) is 20.8 Å². The molecule has 1 unspecified atom stereocenters. The maximum absolute atomic E-state index is 10.0. The third kappa shape index (κ3) is 1.96. The normalized spacial score (nSPS) is 24.9. The molecule has 1 fully saturated rings. The van der Waals surface area contributed by atoms with Crippen molar-refractivity contribution < 1.29 is 5.11 Å². The third-order valence-corrected chi connectivity index (χ3v) is 4.19. The van der Waals surface area contributed by atoms with Crippen LogP contribution in [-0.4, -0.2) is 17.7 Å². The predicted octanol–water partition coefficient (Wildman–Crippen LogP) is 2.30. The molecule has 2 N–H and O–H groups in total. The summed E-state index contributed by atoms with van der Waals surface area (Å²) in [4.78, 5) is 0. The van der Waals surface area contributed by atoms with E-state index in [1.807, 2.05) is 10.8 Å². The van der Waals surface area contributed by atoms with Gasteiger partial charge in [-0.05, 0) is 40.7 Å². The lowest BCUT2D eigenvalue weighted by Crippen LogP contribution is -2.28. The Bertz CT molecular complexity index is 283. The summed E-state index contributed by atoms with van der Waals surface area (Å²) in [5.41, 5.74) is 1.02. The van der Waals surface area contributed by atoms with Crippen LogP contribution in [0.15, 0.2) is 15.2 Å². The fourth-order valence-electron chi connectivity index (χ4n) is 1.70. The largest absolute Gasteiger partial charge is 0.387 e. The van der Waals surface area contributed by atoms with Crippen molar-refractivity contribution in [2.24, 2.45) is 0 Å². The minimum absolute atomic E-state index is 0.242. The van der Waals surface area contributed by atoms with E-state index in [4.69, 9.17) is 0 Å². The van der Waals surface area contributed by atoms with Gasteiger partial charge in [-0.1, -0.05) is 0 Å². The number of thiophene rings is 1. The SMILES string of the molecule is OC(c1cscc1Br)[C@@H]1CCCN1. The van der Waals surface area contributed by atoms with E-state index in [2.05, 4.69) is 21.2 Å². The molecule has 1 aliphatic rings. The minimum Gasteiger partial charge on any atom is -0.387 e. The monoisotopic (exact) mass is 261 g/mol. The Morgan fingerprint density at radius 1 is 1.62 bits per heavy atom. The molecular weight excluding hydrogens is 250 g/mol. The van der Waals surface area contributed by atoms with Gasteiger partial charge < -0.3 is 10.4 Å². The molecule has 2 heterocycles. The molecule has 1 aromatic heterocycles. The molecule has 2 rings (SSSR count). The summed E-state index contributed by atoms with van der Waals surface area (Å²) in [6.07, 6.45) is 1.88. The molecule has 1 saturated heterocycles. The van der Waals surface area contributed by atoms with Crippen molar-refractivity contribution >= 4 is 27.3 Å². The fourth-order valence-corrected chi connectivity index (χ4v) is 3.26. The molecule has 2 atom stereocenters. The Morgan fingerprint density at radius 2 is 2.46 bits per heavy atom. The zero-order valence-electron chi connectivity index (χ0n) is 7.16. The molecule has 1 aromatic rings. The standard InChI is InChI=1S/C9H12BrNOS/c10-7-5-13-4-6(7)9(12)8-2-1-3-11-8/h4-5,8-9,11-12H,1-3H2/t8-,9?/m0/s1. The molecule has 4 heteroatoms. The quantitative estimate of drug-likeness (QED) is 0.857. The highest BCUT2D eigenvalue weighted by Gasteiger charge is 2.25. The predicted molar refractivity (Wildman–Crippen MR) is 58.0 cm³/mol. The van der Waals surface area contributed by atoms with Crippen LogP contribution in [-0.2, 0) is 0 Å². The van der Waals surface area contributed by atoms with Crippen molar-refractivity contribution in [3.8, 4) is 0 Å². The van der Waals surface area contributed by atoms with Crippen LogP contribution in [0.2, 0.25) is 0 Å². The molecule has 1 aliphatic heterocycles. The second kappa shape index (κ2) is 4.09. The number of hydrogen-bond acceptors (Lipinski definition) is 3. The summed E-state index contributed by atoms with van der Waals surface area (Å²) in [6, 6.07) is 0.242. The molecule has 0 bridgehead atoms. The van der Waals surface area contributed by atoms with E-state index in [1.54, 1.807) is 11.3 Å². The highest BCUT2D eigenvalue weighted by atomic mass is 79.9. The summed E-state index contributed by atoms with van der Waals surface area (Å²) >= 11 is 5.06. The Balaban J connectivity index is 2.12. The molecule has 13 heavy (non-hydrogen) atoms. The first-order valence-electron chi connectivity index (χ1n) is 4.42. The van der Waals surface area contributed by atoms with Crippen LogP contribution < -0.4 is 5.32 Å². The second-order valence-electron chi connectivity index (χ2n) is 3.32. The third-order valence-electron chi connectivity index (χ3n) is 2.44. The Labute approximate surface area is 90.1 Å². The molecule has 2 nitrogen and oxygen atoms in total. The lowest BCUT2D eigenvalue weighted by molar-refractivity contribution is 0.137. The Morgan fingerprint density at radius 3 is 3.00 bits per heavy atom. The molecule has 72 valence electrons. The number of nitrogens with one attached hydrogen (secondary N) is 1. The van der Waals surface area contributed by atoms with E-state index in [9.17, 15) is 5.11 Å². The minimum atomic E-state index is -0.358. The zero-order chi connectivity index (χ0) is 9.26. The summed E-state index contributed by atoms with van der Waals surface area (Å²) < 4.78 is 1.03.